The van der Waals surface area contributed by atoms with E-state index in [1.807, 2.05) is 0 Å². The molecule has 26 heavy (non-hydrogen) atoms. The Labute approximate surface area is 176 Å². The van der Waals surface area contributed by atoms with Gasteiger partial charge in [-0.25, -0.2) is 0 Å². The van der Waals surface area contributed by atoms with Gasteiger partial charge in [0.15, 0.2) is 0 Å². The molecule has 1 heteroatoms. The van der Waals surface area contributed by atoms with Crippen molar-refractivity contribution < 1.29 is 0 Å². The largest absolute Gasteiger partial charge is 0.0789 e. The van der Waals surface area contributed by atoms with Gasteiger partial charge >= 0.3 is 0 Å². The Morgan fingerprint density at radius 3 is 1.88 bits per heavy atom. The molecule has 0 aliphatic heterocycles. The Bertz CT molecular complexity index is 566. The smallest absolute Gasteiger partial charge is 0.0223 e. The highest BCUT2D eigenvalue weighted by Gasteiger charge is 2.39. The summed E-state index contributed by atoms with van der Waals surface area (Å²) in [4.78, 5) is 0. The summed E-state index contributed by atoms with van der Waals surface area (Å²) in [5.74, 6) is 0. The monoisotopic (exact) mass is 466 g/mol. The topological polar surface area (TPSA) is 0 Å². The maximum atomic E-state index is 2.69. The van der Waals surface area contributed by atoms with E-state index in [9.17, 15) is 0 Å². The number of alkyl halides is 1. The minimum atomic E-state index is 0.712. The van der Waals surface area contributed by atoms with Crippen molar-refractivity contribution in [1.29, 1.82) is 0 Å². The normalized spacial score (nSPS) is 19.5. The van der Waals surface area contributed by atoms with Crippen LogP contribution in [0.5, 0.6) is 0 Å². The summed E-state index contributed by atoms with van der Waals surface area (Å²) in [5.41, 5.74) is 5.60. The molecule has 2 fully saturated rings. The Hall–Kier alpha value is -0.0500. The maximum Gasteiger partial charge on any atom is 0.0223 e. The maximum absolute atomic E-state index is 2.69. The van der Waals surface area contributed by atoms with E-state index in [1.165, 1.54) is 96.3 Å². The molecule has 1 aromatic carbocycles. The van der Waals surface area contributed by atoms with Crippen molar-refractivity contribution in [3.05, 3.63) is 34.9 Å². The molecule has 0 nitrogen and oxygen atoms in total. The number of benzene rings is 1. The summed E-state index contributed by atoms with van der Waals surface area (Å²) in [6.45, 7) is 4.75. The molecule has 0 heterocycles. The van der Waals surface area contributed by atoms with Gasteiger partial charge in [0.05, 0.1) is 0 Å². The van der Waals surface area contributed by atoms with Crippen LogP contribution in [0.3, 0.4) is 0 Å². The van der Waals surface area contributed by atoms with E-state index in [4.69, 9.17) is 0 Å². The first-order valence-corrected chi connectivity index (χ1v) is 12.4. The molecule has 0 amide bonds. The van der Waals surface area contributed by atoms with E-state index >= 15 is 0 Å². The van der Waals surface area contributed by atoms with E-state index in [2.05, 4.69) is 54.6 Å². The second-order valence-corrected chi connectivity index (χ2v) is 11.6. The van der Waals surface area contributed by atoms with Gasteiger partial charge in [0.25, 0.3) is 0 Å². The molecular weight excluding hydrogens is 427 g/mol. The molecule has 2 aliphatic rings. The predicted molar refractivity (Wildman–Crippen MR) is 123 cm³/mol. The van der Waals surface area contributed by atoms with Crippen LogP contribution in [-0.2, 0) is 12.8 Å². The van der Waals surface area contributed by atoms with Crippen LogP contribution >= 0.6 is 22.6 Å². The third-order valence-corrected chi connectivity index (χ3v) is 8.90. The van der Waals surface area contributed by atoms with Crippen LogP contribution in [0, 0.1) is 12.3 Å². The number of hydrogen-bond acceptors (Lipinski definition) is 0. The van der Waals surface area contributed by atoms with Crippen molar-refractivity contribution in [3.63, 3.8) is 0 Å². The van der Waals surface area contributed by atoms with Gasteiger partial charge in [-0.3, -0.25) is 0 Å². The lowest BCUT2D eigenvalue weighted by Gasteiger charge is -2.13. The lowest BCUT2D eigenvalue weighted by Crippen LogP contribution is -1.99. The SMILES string of the molecule is CCC1(CCCCCc2cccc(CCCCCC3(I)CC3)c2C)CC1. The predicted octanol–water partition coefficient (Wildman–Crippen LogP) is 8.36. The molecule has 0 aromatic heterocycles. The number of hydrogen-bond donors (Lipinski definition) is 0. The van der Waals surface area contributed by atoms with Crippen molar-refractivity contribution in [2.45, 2.75) is 114 Å². The fourth-order valence-corrected chi connectivity index (χ4v) is 5.20. The average molecular weight is 466 g/mol. The first kappa shape index (κ1) is 20.7. The first-order valence-electron chi connectivity index (χ1n) is 11.3. The van der Waals surface area contributed by atoms with Gasteiger partial charge in [0.1, 0.15) is 0 Å². The zero-order chi connectivity index (χ0) is 18.5. The third-order valence-electron chi connectivity index (χ3n) is 7.28. The molecule has 0 N–H and O–H groups in total. The fourth-order valence-electron chi connectivity index (χ4n) is 4.55. The Morgan fingerprint density at radius 1 is 0.808 bits per heavy atom. The van der Waals surface area contributed by atoms with E-state index in [-0.39, 0.29) is 0 Å². The quantitative estimate of drug-likeness (QED) is 0.156. The highest BCUT2D eigenvalue weighted by Crippen LogP contribution is 2.52. The molecule has 1 aromatic rings. The molecule has 0 saturated heterocycles. The van der Waals surface area contributed by atoms with Gasteiger partial charge in [-0.1, -0.05) is 79.8 Å². The molecular formula is C25H39I. The van der Waals surface area contributed by atoms with Crippen molar-refractivity contribution in [2.75, 3.05) is 0 Å². The zero-order valence-corrected chi connectivity index (χ0v) is 19.4. The Kier molecular flexibility index (Phi) is 7.50. The zero-order valence-electron chi connectivity index (χ0n) is 17.2. The number of unbranched alkanes of at least 4 members (excludes halogenated alkanes) is 4. The number of halogens is 1. The average Bonchev–Trinajstić information content (AvgIpc) is 3.55. The number of rotatable bonds is 13. The van der Waals surface area contributed by atoms with Crippen LogP contribution < -0.4 is 0 Å². The van der Waals surface area contributed by atoms with E-state index in [1.54, 1.807) is 16.7 Å². The van der Waals surface area contributed by atoms with Gasteiger partial charge < -0.3 is 0 Å². The van der Waals surface area contributed by atoms with Gasteiger partial charge in [0, 0.05) is 3.42 Å². The van der Waals surface area contributed by atoms with Crippen LogP contribution in [0.1, 0.15) is 107 Å². The second-order valence-electron chi connectivity index (χ2n) is 9.33. The molecule has 3 rings (SSSR count). The van der Waals surface area contributed by atoms with Crippen molar-refractivity contribution >= 4 is 22.6 Å². The Balaban J connectivity index is 1.33. The molecule has 146 valence electrons. The lowest BCUT2D eigenvalue weighted by molar-refractivity contribution is 0.422. The summed E-state index contributed by atoms with van der Waals surface area (Å²) in [7, 11) is 0. The van der Waals surface area contributed by atoms with Crippen LogP contribution in [0.4, 0.5) is 0 Å². The molecule has 0 unspecified atom stereocenters. The minimum absolute atomic E-state index is 0.712. The standard InChI is InChI=1S/C25H39I/c1-3-24(17-18-24)15-8-4-6-11-22-13-10-14-23(21(22)2)12-7-5-9-16-25(26)19-20-25/h10,13-14H,3-9,11-12,15-20H2,1-2H3. The molecule has 2 aliphatic carbocycles. The third kappa shape index (κ3) is 6.24. The van der Waals surface area contributed by atoms with Gasteiger partial charge in [0.2, 0.25) is 0 Å². The molecule has 0 bridgehead atoms. The van der Waals surface area contributed by atoms with Gasteiger partial charge in [-0.05, 0) is 93.2 Å². The number of aryl methyl sites for hydroxylation is 2. The molecule has 0 atom stereocenters. The van der Waals surface area contributed by atoms with E-state index < -0.39 is 0 Å². The van der Waals surface area contributed by atoms with Gasteiger partial charge in [-0.2, -0.15) is 0 Å². The van der Waals surface area contributed by atoms with Crippen LogP contribution in [-0.4, -0.2) is 3.42 Å². The molecule has 0 spiro atoms. The minimum Gasteiger partial charge on any atom is -0.0789 e. The van der Waals surface area contributed by atoms with Gasteiger partial charge in [-0.15, -0.1) is 0 Å². The first-order chi connectivity index (χ1) is 12.6. The lowest BCUT2D eigenvalue weighted by atomic mass is 9.92. The Morgan fingerprint density at radius 2 is 1.38 bits per heavy atom. The summed E-state index contributed by atoms with van der Waals surface area (Å²) < 4.78 is 0.712. The fraction of sp³-hybridized carbons (Fsp3) is 0.760. The summed E-state index contributed by atoms with van der Waals surface area (Å²) in [6.07, 6.45) is 21.3. The summed E-state index contributed by atoms with van der Waals surface area (Å²) in [5, 5.41) is 0. The summed E-state index contributed by atoms with van der Waals surface area (Å²) in [6, 6.07) is 7.05. The molecule has 2 saturated carbocycles. The van der Waals surface area contributed by atoms with Crippen LogP contribution in [0.25, 0.3) is 0 Å². The van der Waals surface area contributed by atoms with E-state index in [0.717, 1.165) is 5.41 Å². The molecule has 0 radical (unpaired) electrons. The second kappa shape index (κ2) is 9.43. The van der Waals surface area contributed by atoms with Crippen molar-refractivity contribution in [3.8, 4) is 0 Å². The van der Waals surface area contributed by atoms with Crippen LogP contribution in [0.2, 0.25) is 0 Å². The highest BCUT2D eigenvalue weighted by atomic mass is 127. The van der Waals surface area contributed by atoms with Crippen molar-refractivity contribution in [2.24, 2.45) is 5.41 Å². The highest BCUT2D eigenvalue weighted by molar-refractivity contribution is 14.1. The van der Waals surface area contributed by atoms with Crippen molar-refractivity contribution in [1.82, 2.24) is 0 Å². The van der Waals surface area contributed by atoms with E-state index in [0.29, 0.717) is 3.42 Å². The summed E-state index contributed by atoms with van der Waals surface area (Å²) >= 11 is 2.69. The van der Waals surface area contributed by atoms with Crippen LogP contribution in [0.15, 0.2) is 18.2 Å².